The summed E-state index contributed by atoms with van der Waals surface area (Å²) < 4.78 is 6.50. The van der Waals surface area contributed by atoms with E-state index in [0.717, 1.165) is 11.3 Å². The molecule has 1 aromatic heterocycles. The maximum absolute atomic E-state index is 11.6. The Morgan fingerprint density at radius 2 is 2.11 bits per heavy atom. The molecule has 2 rings (SSSR count). The quantitative estimate of drug-likeness (QED) is 0.825. The number of hydrogen-bond donors (Lipinski definition) is 1. The Bertz CT molecular complexity index is 620. The Morgan fingerprint density at radius 1 is 1.33 bits per heavy atom. The zero-order chi connectivity index (χ0) is 13.1. The van der Waals surface area contributed by atoms with Crippen LogP contribution >= 0.6 is 0 Å². The number of anilines is 1. The van der Waals surface area contributed by atoms with Gasteiger partial charge in [-0.15, -0.1) is 0 Å². The third-order valence-electron chi connectivity index (χ3n) is 2.63. The zero-order valence-electron chi connectivity index (χ0n) is 10.4. The van der Waals surface area contributed by atoms with E-state index in [4.69, 9.17) is 10.5 Å². The molecule has 5 nitrogen and oxygen atoms in total. The molecule has 0 bridgehead atoms. The highest BCUT2D eigenvalue weighted by Gasteiger charge is 2.03. The lowest BCUT2D eigenvalue weighted by Gasteiger charge is -2.08. The molecule has 0 saturated carbocycles. The van der Waals surface area contributed by atoms with Gasteiger partial charge in [0.25, 0.3) is 5.56 Å². The molecule has 0 spiro atoms. The monoisotopic (exact) mass is 245 g/mol. The second-order valence-electron chi connectivity index (χ2n) is 4.05. The molecule has 5 heteroatoms. The first-order valence-electron chi connectivity index (χ1n) is 5.57. The second-order valence-corrected chi connectivity index (χ2v) is 4.05. The molecule has 0 amide bonds. The van der Waals surface area contributed by atoms with E-state index in [1.54, 1.807) is 25.3 Å². The van der Waals surface area contributed by atoms with Gasteiger partial charge in [0.2, 0.25) is 0 Å². The smallest absolute Gasteiger partial charge is 0.267 e. The Kier molecular flexibility index (Phi) is 3.32. The number of methoxy groups -OCH3 is 1. The van der Waals surface area contributed by atoms with E-state index in [1.807, 2.05) is 13.0 Å². The number of nitrogens with zero attached hydrogens (tertiary/aromatic N) is 2. The minimum atomic E-state index is -0.130. The van der Waals surface area contributed by atoms with Crippen molar-refractivity contribution >= 4 is 5.69 Å². The fourth-order valence-electron chi connectivity index (χ4n) is 1.72. The molecule has 0 saturated heterocycles. The normalized spacial score (nSPS) is 10.3. The van der Waals surface area contributed by atoms with Crippen LogP contribution < -0.4 is 16.0 Å². The van der Waals surface area contributed by atoms with Gasteiger partial charge in [-0.25, -0.2) is 4.68 Å². The van der Waals surface area contributed by atoms with E-state index < -0.39 is 0 Å². The summed E-state index contributed by atoms with van der Waals surface area (Å²) in [5, 5.41) is 4.17. The van der Waals surface area contributed by atoms with Crippen molar-refractivity contribution in [1.82, 2.24) is 9.78 Å². The molecule has 0 unspecified atom stereocenters. The van der Waals surface area contributed by atoms with Gasteiger partial charge >= 0.3 is 0 Å². The third kappa shape index (κ3) is 2.51. The lowest BCUT2D eigenvalue weighted by atomic mass is 10.2. The summed E-state index contributed by atoms with van der Waals surface area (Å²) in [6.45, 7) is 2.24. The van der Waals surface area contributed by atoms with Crippen LogP contribution in [0, 0.1) is 6.92 Å². The summed E-state index contributed by atoms with van der Waals surface area (Å²) in [6.07, 6.45) is 0. The standard InChI is InChI=1S/C13H15N3O2/c1-9-3-6-13(17)16(15-9)8-10-4-5-12(18-2)11(14)7-10/h3-7H,8,14H2,1-2H3. The Morgan fingerprint density at radius 3 is 2.78 bits per heavy atom. The van der Waals surface area contributed by atoms with Crippen molar-refractivity contribution in [2.75, 3.05) is 12.8 Å². The summed E-state index contributed by atoms with van der Waals surface area (Å²) in [7, 11) is 1.57. The summed E-state index contributed by atoms with van der Waals surface area (Å²) in [6, 6.07) is 8.64. The van der Waals surface area contributed by atoms with Crippen molar-refractivity contribution < 1.29 is 4.74 Å². The van der Waals surface area contributed by atoms with E-state index in [0.29, 0.717) is 18.0 Å². The minimum absolute atomic E-state index is 0.130. The first-order chi connectivity index (χ1) is 8.60. The highest BCUT2D eigenvalue weighted by Crippen LogP contribution is 2.21. The highest BCUT2D eigenvalue weighted by molar-refractivity contribution is 5.54. The van der Waals surface area contributed by atoms with E-state index >= 15 is 0 Å². The lowest BCUT2D eigenvalue weighted by Crippen LogP contribution is -2.23. The topological polar surface area (TPSA) is 70.1 Å². The lowest BCUT2D eigenvalue weighted by molar-refractivity contribution is 0.416. The molecule has 1 aromatic carbocycles. The van der Waals surface area contributed by atoms with Gasteiger partial charge in [0.15, 0.2) is 0 Å². The van der Waals surface area contributed by atoms with Crippen LogP contribution in [0.4, 0.5) is 5.69 Å². The summed E-state index contributed by atoms with van der Waals surface area (Å²) in [5.41, 5.74) is 7.96. The van der Waals surface area contributed by atoms with Crippen molar-refractivity contribution in [2.24, 2.45) is 0 Å². The Balaban J connectivity index is 2.31. The van der Waals surface area contributed by atoms with Crippen LogP contribution in [-0.2, 0) is 6.54 Å². The number of aryl methyl sites for hydroxylation is 1. The number of aromatic nitrogens is 2. The maximum atomic E-state index is 11.6. The van der Waals surface area contributed by atoms with Gasteiger partial charge in [-0.05, 0) is 30.7 Å². The van der Waals surface area contributed by atoms with E-state index in [9.17, 15) is 4.79 Å². The second kappa shape index (κ2) is 4.91. The number of hydrogen-bond acceptors (Lipinski definition) is 4. The van der Waals surface area contributed by atoms with Crippen molar-refractivity contribution in [3.63, 3.8) is 0 Å². The van der Waals surface area contributed by atoms with Crippen LogP contribution in [0.15, 0.2) is 35.1 Å². The number of benzene rings is 1. The van der Waals surface area contributed by atoms with Gasteiger partial charge in [-0.1, -0.05) is 6.07 Å². The van der Waals surface area contributed by atoms with Crippen LogP contribution in [-0.4, -0.2) is 16.9 Å². The SMILES string of the molecule is COc1ccc(Cn2nc(C)ccc2=O)cc1N. The molecule has 0 atom stereocenters. The number of nitrogen functional groups attached to an aromatic ring is 1. The molecule has 0 aliphatic heterocycles. The first-order valence-corrected chi connectivity index (χ1v) is 5.57. The van der Waals surface area contributed by atoms with Crippen molar-refractivity contribution in [2.45, 2.75) is 13.5 Å². The minimum Gasteiger partial charge on any atom is -0.495 e. The largest absolute Gasteiger partial charge is 0.495 e. The molecule has 0 radical (unpaired) electrons. The van der Waals surface area contributed by atoms with Gasteiger partial charge in [-0.3, -0.25) is 4.79 Å². The number of nitrogens with two attached hydrogens (primary N) is 1. The fourth-order valence-corrected chi connectivity index (χ4v) is 1.72. The molecule has 18 heavy (non-hydrogen) atoms. The Hall–Kier alpha value is -2.30. The molecule has 2 N–H and O–H groups in total. The maximum Gasteiger partial charge on any atom is 0.267 e. The van der Waals surface area contributed by atoms with E-state index in [1.165, 1.54) is 10.7 Å². The molecule has 0 fully saturated rings. The zero-order valence-corrected chi connectivity index (χ0v) is 10.4. The van der Waals surface area contributed by atoms with Crippen molar-refractivity contribution in [3.8, 4) is 5.75 Å². The van der Waals surface area contributed by atoms with Gasteiger partial charge in [0, 0.05) is 6.07 Å². The van der Waals surface area contributed by atoms with Crippen molar-refractivity contribution in [1.29, 1.82) is 0 Å². The van der Waals surface area contributed by atoms with Crippen LogP contribution in [0.3, 0.4) is 0 Å². The Labute approximate surface area is 105 Å². The fraction of sp³-hybridized carbons (Fsp3) is 0.231. The van der Waals surface area contributed by atoms with E-state index in [2.05, 4.69) is 5.10 Å². The van der Waals surface area contributed by atoms with Crippen LogP contribution in [0.5, 0.6) is 5.75 Å². The van der Waals surface area contributed by atoms with Crippen LogP contribution in [0.1, 0.15) is 11.3 Å². The summed E-state index contributed by atoms with van der Waals surface area (Å²) in [4.78, 5) is 11.6. The van der Waals surface area contributed by atoms with Gasteiger partial charge in [0.1, 0.15) is 5.75 Å². The van der Waals surface area contributed by atoms with E-state index in [-0.39, 0.29) is 5.56 Å². The summed E-state index contributed by atoms with van der Waals surface area (Å²) in [5.74, 6) is 0.628. The van der Waals surface area contributed by atoms with Crippen LogP contribution in [0.25, 0.3) is 0 Å². The average molecular weight is 245 g/mol. The molecular weight excluding hydrogens is 230 g/mol. The summed E-state index contributed by atoms with van der Waals surface area (Å²) >= 11 is 0. The predicted octanol–water partition coefficient (Wildman–Crippen LogP) is 1.19. The molecule has 0 aliphatic carbocycles. The molecule has 94 valence electrons. The predicted molar refractivity (Wildman–Crippen MR) is 69.7 cm³/mol. The molecule has 0 aliphatic rings. The molecule has 2 aromatic rings. The van der Waals surface area contributed by atoms with Gasteiger partial charge in [-0.2, -0.15) is 5.10 Å². The van der Waals surface area contributed by atoms with Gasteiger partial charge < -0.3 is 10.5 Å². The first kappa shape index (κ1) is 12.2. The molecular formula is C13H15N3O2. The average Bonchev–Trinajstić information content (AvgIpc) is 2.34. The van der Waals surface area contributed by atoms with Crippen molar-refractivity contribution in [3.05, 3.63) is 51.9 Å². The van der Waals surface area contributed by atoms with Gasteiger partial charge in [0.05, 0.1) is 25.0 Å². The molecule has 1 heterocycles. The highest BCUT2D eigenvalue weighted by atomic mass is 16.5. The third-order valence-corrected chi connectivity index (χ3v) is 2.63. The van der Waals surface area contributed by atoms with Crippen LogP contribution in [0.2, 0.25) is 0 Å². The number of rotatable bonds is 3. The number of ether oxygens (including phenoxy) is 1.